The smallest absolute Gasteiger partial charge is 0.224 e. The molecule has 1 rings (SSSR count). The second-order valence-electron chi connectivity index (χ2n) is 4.08. The SMILES string of the molecule is CCOc1ccccc1NC(=O)CC(C)C. The van der Waals surface area contributed by atoms with Gasteiger partial charge in [-0.15, -0.1) is 0 Å². The van der Waals surface area contributed by atoms with Crippen molar-refractivity contribution in [3.8, 4) is 5.75 Å². The highest BCUT2D eigenvalue weighted by Crippen LogP contribution is 2.23. The maximum Gasteiger partial charge on any atom is 0.224 e. The number of rotatable bonds is 5. The van der Waals surface area contributed by atoms with Crippen LogP contribution in [0.5, 0.6) is 5.75 Å². The summed E-state index contributed by atoms with van der Waals surface area (Å²) in [7, 11) is 0. The number of carbonyl (C=O) groups excluding carboxylic acids is 1. The summed E-state index contributed by atoms with van der Waals surface area (Å²) in [6.07, 6.45) is 0.528. The predicted molar refractivity (Wildman–Crippen MR) is 65.7 cm³/mol. The summed E-state index contributed by atoms with van der Waals surface area (Å²) < 4.78 is 5.43. The minimum absolute atomic E-state index is 0.0298. The number of carbonyl (C=O) groups is 1. The van der Waals surface area contributed by atoms with Crippen molar-refractivity contribution in [1.82, 2.24) is 0 Å². The maximum absolute atomic E-state index is 11.6. The summed E-state index contributed by atoms with van der Waals surface area (Å²) in [6, 6.07) is 7.48. The lowest BCUT2D eigenvalue weighted by Gasteiger charge is -2.11. The summed E-state index contributed by atoms with van der Waals surface area (Å²) in [5, 5.41) is 2.86. The highest BCUT2D eigenvalue weighted by Gasteiger charge is 2.08. The fraction of sp³-hybridized carbons (Fsp3) is 0.462. The van der Waals surface area contributed by atoms with E-state index < -0.39 is 0 Å². The molecule has 0 saturated carbocycles. The Hall–Kier alpha value is -1.51. The summed E-state index contributed by atoms with van der Waals surface area (Å²) in [6.45, 7) is 6.56. The second kappa shape index (κ2) is 6.16. The van der Waals surface area contributed by atoms with E-state index in [9.17, 15) is 4.79 Å². The fourth-order valence-electron chi connectivity index (χ4n) is 1.42. The Kier molecular flexibility index (Phi) is 4.83. The second-order valence-corrected chi connectivity index (χ2v) is 4.08. The summed E-state index contributed by atoms with van der Waals surface area (Å²) >= 11 is 0. The van der Waals surface area contributed by atoms with Crippen molar-refractivity contribution in [2.75, 3.05) is 11.9 Å². The highest BCUT2D eigenvalue weighted by molar-refractivity contribution is 5.92. The Balaban J connectivity index is 2.68. The third kappa shape index (κ3) is 3.93. The van der Waals surface area contributed by atoms with E-state index in [1.807, 2.05) is 45.0 Å². The Bertz CT molecular complexity index is 348. The topological polar surface area (TPSA) is 38.3 Å². The van der Waals surface area contributed by atoms with Crippen molar-refractivity contribution >= 4 is 11.6 Å². The van der Waals surface area contributed by atoms with Crippen LogP contribution in [0.25, 0.3) is 0 Å². The van der Waals surface area contributed by atoms with Crippen LogP contribution in [0.1, 0.15) is 27.2 Å². The average Bonchev–Trinajstić information content (AvgIpc) is 2.20. The number of amides is 1. The van der Waals surface area contributed by atoms with E-state index >= 15 is 0 Å². The molecule has 0 bridgehead atoms. The molecule has 0 unspecified atom stereocenters. The number of benzene rings is 1. The number of nitrogens with one attached hydrogen (secondary N) is 1. The molecule has 0 heterocycles. The van der Waals surface area contributed by atoms with Crippen molar-refractivity contribution < 1.29 is 9.53 Å². The number of para-hydroxylation sites is 2. The third-order valence-electron chi connectivity index (χ3n) is 2.05. The van der Waals surface area contributed by atoms with Gasteiger partial charge in [-0.25, -0.2) is 0 Å². The van der Waals surface area contributed by atoms with E-state index in [1.54, 1.807) is 0 Å². The maximum atomic E-state index is 11.6. The zero-order valence-electron chi connectivity index (χ0n) is 10.1. The van der Waals surface area contributed by atoms with Gasteiger partial charge >= 0.3 is 0 Å². The molecule has 3 heteroatoms. The first-order valence-corrected chi connectivity index (χ1v) is 5.65. The lowest BCUT2D eigenvalue weighted by molar-refractivity contribution is -0.116. The van der Waals surface area contributed by atoms with Crippen molar-refractivity contribution in [1.29, 1.82) is 0 Å². The molecule has 1 aromatic rings. The van der Waals surface area contributed by atoms with Crippen molar-refractivity contribution in [2.24, 2.45) is 5.92 Å². The van der Waals surface area contributed by atoms with E-state index in [4.69, 9.17) is 4.74 Å². The molecular formula is C13H19NO2. The van der Waals surface area contributed by atoms with Crippen LogP contribution in [0.3, 0.4) is 0 Å². The van der Waals surface area contributed by atoms with Gasteiger partial charge < -0.3 is 10.1 Å². The number of anilines is 1. The van der Waals surface area contributed by atoms with Gasteiger partial charge in [-0.3, -0.25) is 4.79 Å². The van der Waals surface area contributed by atoms with Crippen LogP contribution in [0.15, 0.2) is 24.3 Å². The van der Waals surface area contributed by atoms with Gasteiger partial charge in [0.05, 0.1) is 12.3 Å². The molecule has 1 amide bonds. The zero-order chi connectivity index (χ0) is 12.0. The van der Waals surface area contributed by atoms with Gasteiger partial charge in [0, 0.05) is 6.42 Å². The zero-order valence-corrected chi connectivity index (χ0v) is 10.1. The van der Waals surface area contributed by atoms with Crippen LogP contribution in [0, 0.1) is 5.92 Å². The Morgan fingerprint density at radius 1 is 1.38 bits per heavy atom. The van der Waals surface area contributed by atoms with Crippen LogP contribution in [0.4, 0.5) is 5.69 Å². The van der Waals surface area contributed by atoms with Gasteiger partial charge in [-0.2, -0.15) is 0 Å². The van der Waals surface area contributed by atoms with Crippen LogP contribution in [0.2, 0.25) is 0 Å². The lowest BCUT2D eigenvalue weighted by Crippen LogP contribution is -2.14. The lowest BCUT2D eigenvalue weighted by atomic mass is 10.1. The first kappa shape index (κ1) is 12.6. The molecule has 0 aromatic heterocycles. The highest BCUT2D eigenvalue weighted by atomic mass is 16.5. The summed E-state index contributed by atoms with van der Waals surface area (Å²) in [5.74, 6) is 1.11. The van der Waals surface area contributed by atoms with E-state index in [2.05, 4.69) is 5.32 Å². The molecule has 1 N–H and O–H groups in total. The standard InChI is InChI=1S/C13H19NO2/c1-4-16-12-8-6-5-7-11(12)14-13(15)9-10(2)3/h5-8,10H,4,9H2,1-3H3,(H,14,15). The fourth-order valence-corrected chi connectivity index (χ4v) is 1.42. The molecule has 0 saturated heterocycles. The molecule has 16 heavy (non-hydrogen) atoms. The molecule has 1 aromatic carbocycles. The van der Waals surface area contributed by atoms with Gasteiger partial charge in [0.25, 0.3) is 0 Å². The number of hydrogen-bond acceptors (Lipinski definition) is 2. The van der Waals surface area contributed by atoms with Gasteiger partial charge in [0.15, 0.2) is 0 Å². The molecule has 0 aliphatic carbocycles. The van der Waals surface area contributed by atoms with Gasteiger partial charge in [0.1, 0.15) is 5.75 Å². The van der Waals surface area contributed by atoms with Crippen LogP contribution >= 0.6 is 0 Å². The van der Waals surface area contributed by atoms with Crippen LogP contribution in [-0.2, 0) is 4.79 Å². The molecule has 0 aliphatic heterocycles. The minimum atomic E-state index is 0.0298. The first-order valence-electron chi connectivity index (χ1n) is 5.65. The monoisotopic (exact) mass is 221 g/mol. The van der Waals surface area contributed by atoms with E-state index in [1.165, 1.54) is 0 Å². The van der Waals surface area contributed by atoms with Crippen molar-refractivity contribution in [3.05, 3.63) is 24.3 Å². The van der Waals surface area contributed by atoms with Gasteiger partial charge in [0.2, 0.25) is 5.91 Å². The number of ether oxygens (including phenoxy) is 1. The van der Waals surface area contributed by atoms with Crippen molar-refractivity contribution in [2.45, 2.75) is 27.2 Å². The summed E-state index contributed by atoms with van der Waals surface area (Å²) in [4.78, 5) is 11.6. The predicted octanol–water partition coefficient (Wildman–Crippen LogP) is 3.07. The quantitative estimate of drug-likeness (QED) is 0.829. The Labute approximate surface area is 96.8 Å². The van der Waals surface area contributed by atoms with Crippen LogP contribution in [-0.4, -0.2) is 12.5 Å². The molecule has 0 spiro atoms. The molecule has 0 atom stereocenters. The van der Waals surface area contributed by atoms with Crippen molar-refractivity contribution in [3.63, 3.8) is 0 Å². The average molecular weight is 221 g/mol. The van der Waals surface area contributed by atoms with E-state index in [-0.39, 0.29) is 5.91 Å². The molecule has 3 nitrogen and oxygen atoms in total. The third-order valence-corrected chi connectivity index (χ3v) is 2.05. The molecule has 88 valence electrons. The Morgan fingerprint density at radius 2 is 2.06 bits per heavy atom. The molecule has 0 fully saturated rings. The number of hydrogen-bond donors (Lipinski definition) is 1. The normalized spacial score (nSPS) is 10.2. The van der Waals surface area contributed by atoms with Crippen LogP contribution < -0.4 is 10.1 Å². The largest absolute Gasteiger partial charge is 0.492 e. The Morgan fingerprint density at radius 3 is 2.69 bits per heavy atom. The molecular weight excluding hydrogens is 202 g/mol. The van der Waals surface area contributed by atoms with Gasteiger partial charge in [-0.05, 0) is 25.0 Å². The summed E-state index contributed by atoms with van der Waals surface area (Å²) in [5.41, 5.74) is 0.745. The van der Waals surface area contributed by atoms with E-state index in [0.717, 1.165) is 11.4 Å². The van der Waals surface area contributed by atoms with E-state index in [0.29, 0.717) is 18.9 Å². The minimum Gasteiger partial charge on any atom is -0.492 e. The molecule has 0 aliphatic rings. The molecule has 0 radical (unpaired) electrons. The van der Waals surface area contributed by atoms with Gasteiger partial charge in [-0.1, -0.05) is 26.0 Å². The first-order chi connectivity index (χ1) is 7.63.